The van der Waals surface area contributed by atoms with Crippen LogP contribution in [-0.4, -0.2) is 27.5 Å². The maximum absolute atomic E-state index is 11.9. The van der Waals surface area contributed by atoms with E-state index in [0.717, 1.165) is 18.3 Å². The summed E-state index contributed by atoms with van der Waals surface area (Å²) in [4.78, 5) is 30.3. The molecule has 2 rings (SSSR count). The second-order valence-corrected chi connectivity index (χ2v) is 3.58. The average molecular weight is 314 g/mol. The number of alkyl halides is 3. The van der Waals surface area contributed by atoms with Crippen molar-refractivity contribution in [1.29, 1.82) is 0 Å². The Balaban J connectivity index is 0.000000397. The van der Waals surface area contributed by atoms with Crippen LogP contribution in [0.5, 0.6) is 0 Å². The Morgan fingerprint density at radius 3 is 1.77 bits per heavy atom. The third kappa shape index (κ3) is 6.07. The number of hydrogen-bond donors (Lipinski definition) is 1. The zero-order valence-electron chi connectivity index (χ0n) is 10.4. The lowest BCUT2D eigenvalue weighted by Gasteiger charge is -2.03. The molecule has 0 saturated carbocycles. The fraction of sp³-hybridized carbons (Fsp3) is 0.154. The van der Waals surface area contributed by atoms with Gasteiger partial charge < -0.3 is 5.73 Å². The summed E-state index contributed by atoms with van der Waals surface area (Å²) in [6.07, 6.45) is 0.286. The van der Waals surface area contributed by atoms with Crippen molar-refractivity contribution in [3.8, 4) is 0 Å². The highest BCUT2D eigenvalue weighted by atomic mass is 19.4. The van der Waals surface area contributed by atoms with Crippen molar-refractivity contribution in [3.05, 3.63) is 47.5 Å². The maximum Gasteiger partial charge on any atom is 0.433 e. The number of halogens is 3. The molecule has 2 heterocycles. The minimum atomic E-state index is -4.44. The molecule has 0 bridgehead atoms. The van der Waals surface area contributed by atoms with E-state index in [9.17, 15) is 22.8 Å². The molecule has 0 fully saturated rings. The first-order valence-corrected chi connectivity index (χ1v) is 5.38. The predicted molar refractivity (Wildman–Crippen MR) is 73.2 cm³/mol. The first-order chi connectivity index (χ1) is 9.86. The zero-order valence-corrected chi connectivity index (χ0v) is 10.4. The molecule has 0 spiro atoms. The first kappa shape index (κ1) is 19.2. The van der Waals surface area contributed by atoms with Gasteiger partial charge in [0.15, 0.2) is 12.6 Å². The summed E-state index contributed by atoms with van der Waals surface area (Å²) >= 11 is 0. The van der Waals surface area contributed by atoms with Crippen molar-refractivity contribution >= 4 is 18.5 Å². The largest absolute Gasteiger partial charge is 0.433 e. The van der Waals surface area contributed by atoms with Crippen molar-refractivity contribution in [2.75, 3.05) is 5.73 Å². The van der Waals surface area contributed by atoms with Crippen LogP contribution in [0.15, 0.2) is 30.7 Å². The van der Waals surface area contributed by atoms with Crippen LogP contribution < -0.4 is 5.73 Å². The minimum Gasteiger partial charge on any atom is -0.368 e. The number of nitrogen functional groups attached to an aromatic ring is 1. The van der Waals surface area contributed by atoms with Crippen molar-refractivity contribution in [2.45, 2.75) is 13.6 Å². The summed E-state index contributed by atoms with van der Waals surface area (Å²) in [5.41, 5.74) is 4.71. The molecule has 0 aliphatic carbocycles. The molecule has 9 heteroatoms. The van der Waals surface area contributed by atoms with E-state index >= 15 is 0 Å². The third-order valence-electron chi connectivity index (χ3n) is 2.04. The maximum atomic E-state index is 11.9. The van der Waals surface area contributed by atoms with Gasteiger partial charge in [0.2, 0.25) is 5.95 Å². The fourth-order valence-corrected chi connectivity index (χ4v) is 1.05. The van der Waals surface area contributed by atoms with Gasteiger partial charge in [0.1, 0.15) is 5.69 Å². The Bertz CT molecular complexity index is 598. The van der Waals surface area contributed by atoms with E-state index in [1.54, 1.807) is 0 Å². The quantitative estimate of drug-likeness (QED) is 0.855. The molecular weight excluding hydrogens is 301 g/mol. The van der Waals surface area contributed by atoms with E-state index in [4.69, 9.17) is 5.73 Å². The number of nitrogens with zero attached hydrogens (tertiary/aromatic N) is 3. The summed E-state index contributed by atoms with van der Waals surface area (Å²) in [7, 11) is 0. The zero-order chi connectivity index (χ0) is 15.9. The Kier molecular flexibility index (Phi) is 7.36. The van der Waals surface area contributed by atoms with E-state index in [0.29, 0.717) is 18.1 Å². The van der Waals surface area contributed by atoms with Gasteiger partial charge in [-0.2, -0.15) is 13.2 Å². The van der Waals surface area contributed by atoms with Crippen LogP contribution in [-0.2, 0) is 6.18 Å². The van der Waals surface area contributed by atoms with Crippen LogP contribution >= 0.6 is 0 Å². The van der Waals surface area contributed by atoms with Crippen LogP contribution in [0.3, 0.4) is 0 Å². The van der Waals surface area contributed by atoms with Crippen molar-refractivity contribution in [2.24, 2.45) is 0 Å². The summed E-state index contributed by atoms with van der Waals surface area (Å²) in [5, 5.41) is 0. The van der Waals surface area contributed by atoms with Crippen molar-refractivity contribution in [3.63, 3.8) is 0 Å². The number of aromatic nitrogens is 3. The van der Waals surface area contributed by atoms with Gasteiger partial charge in [-0.1, -0.05) is 7.43 Å². The number of anilines is 1. The van der Waals surface area contributed by atoms with Crippen LogP contribution in [0.25, 0.3) is 0 Å². The number of carbonyl (C=O) groups excluding carboxylic acids is 2. The number of nitrogens with two attached hydrogens (primary N) is 1. The monoisotopic (exact) mass is 314 g/mol. The van der Waals surface area contributed by atoms with Crippen molar-refractivity contribution < 1.29 is 22.8 Å². The molecule has 0 radical (unpaired) electrons. The SMILES string of the molecule is C.Nc1ncc(C=O)cn1.O=Cc1ccc(C(F)(F)F)nc1. The molecule has 0 atom stereocenters. The highest BCUT2D eigenvalue weighted by molar-refractivity contribution is 5.74. The van der Waals surface area contributed by atoms with E-state index in [1.165, 1.54) is 12.4 Å². The topological polar surface area (TPSA) is 98.8 Å². The lowest BCUT2D eigenvalue weighted by molar-refractivity contribution is -0.141. The molecule has 0 saturated heterocycles. The predicted octanol–water partition coefficient (Wildman–Crippen LogP) is 2.42. The molecule has 6 nitrogen and oxygen atoms in total. The Morgan fingerprint density at radius 2 is 1.41 bits per heavy atom. The van der Waals surface area contributed by atoms with Crippen LogP contribution in [0.4, 0.5) is 19.1 Å². The molecule has 118 valence electrons. The van der Waals surface area contributed by atoms with E-state index in [1.807, 2.05) is 0 Å². The van der Waals surface area contributed by atoms with Crippen molar-refractivity contribution in [1.82, 2.24) is 15.0 Å². The second-order valence-electron chi connectivity index (χ2n) is 3.58. The van der Waals surface area contributed by atoms with E-state index in [2.05, 4.69) is 15.0 Å². The lowest BCUT2D eigenvalue weighted by atomic mass is 10.3. The van der Waals surface area contributed by atoms with E-state index < -0.39 is 11.9 Å². The fourth-order valence-electron chi connectivity index (χ4n) is 1.05. The summed E-state index contributed by atoms with van der Waals surface area (Å²) in [6.45, 7) is 0. The Morgan fingerprint density at radius 1 is 0.909 bits per heavy atom. The minimum absolute atomic E-state index is 0. The highest BCUT2D eigenvalue weighted by Crippen LogP contribution is 2.26. The Labute approximate surface area is 124 Å². The molecule has 2 aromatic rings. The molecule has 2 N–H and O–H groups in total. The summed E-state index contributed by atoms with van der Waals surface area (Å²) in [6, 6.07) is 1.84. The number of aldehydes is 2. The van der Waals surface area contributed by atoms with Gasteiger partial charge in [-0.25, -0.2) is 9.97 Å². The summed E-state index contributed by atoms with van der Waals surface area (Å²) < 4.78 is 35.6. The van der Waals surface area contributed by atoms with Gasteiger partial charge in [-0.15, -0.1) is 0 Å². The van der Waals surface area contributed by atoms with Gasteiger partial charge in [0.25, 0.3) is 0 Å². The molecule has 0 aliphatic heterocycles. The van der Waals surface area contributed by atoms with Gasteiger partial charge in [0.05, 0.1) is 5.56 Å². The summed E-state index contributed by atoms with van der Waals surface area (Å²) in [5.74, 6) is 0.181. The molecule has 0 unspecified atom stereocenters. The molecule has 0 aliphatic rings. The Hall–Kier alpha value is -2.84. The second kappa shape index (κ2) is 8.45. The van der Waals surface area contributed by atoms with Gasteiger partial charge >= 0.3 is 6.18 Å². The molecule has 0 aromatic carbocycles. The number of pyridine rings is 1. The van der Waals surface area contributed by atoms with Gasteiger partial charge in [-0.3, -0.25) is 14.6 Å². The number of rotatable bonds is 2. The normalized spacial score (nSPS) is 9.77. The van der Waals surface area contributed by atoms with Crippen LogP contribution in [0.2, 0.25) is 0 Å². The molecular formula is C13H13F3N4O2. The number of carbonyl (C=O) groups is 2. The van der Waals surface area contributed by atoms with Gasteiger partial charge in [-0.05, 0) is 12.1 Å². The van der Waals surface area contributed by atoms with Gasteiger partial charge in [0, 0.05) is 24.2 Å². The number of hydrogen-bond acceptors (Lipinski definition) is 6. The molecule has 0 amide bonds. The molecule has 2 aromatic heterocycles. The molecule has 22 heavy (non-hydrogen) atoms. The average Bonchev–Trinajstić information content (AvgIpc) is 2.48. The van der Waals surface area contributed by atoms with Crippen LogP contribution in [0.1, 0.15) is 33.8 Å². The smallest absolute Gasteiger partial charge is 0.368 e. The highest BCUT2D eigenvalue weighted by Gasteiger charge is 2.31. The van der Waals surface area contributed by atoms with Crippen LogP contribution in [0, 0.1) is 0 Å². The van der Waals surface area contributed by atoms with E-state index in [-0.39, 0.29) is 18.9 Å². The standard InChI is InChI=1S/C7H4F3NO.C5H5N3O.CH4/c8-7(9,10)6-2-1-5(4-12)3-11-6;6-5-7-1-4(3-9)2-8-5;/h1-4H;1-3H,(H2,6,7,8);1H4. The lowest BCUT2D eigenvalue weighted by Crippen LogP contribution is -2.07. The third-order valence-corrected chi connectivity index (χ3v) is 2.04. The first-order valence-electron chi connectivity index (χ1n) is 5.38.